The van der Waals surface area contributed by atoms with E-state index in [4.69, 9.17) is 4.74 Å². The summed E-state index contributed by atoms with van der Waals surface area (Å²) in [6, 6.07) is 8.87. The van der Waals surface area contributed by atoms with Crippen molar-refractivity contribution in [1.29, 1.82) is 0 Å². The summed E-state index contributed by atoms with van der Waals surface area (Å²) in [7, 11) is 0. The molecule has 0 amide bonds. The molecule has 0 heterocycles. The fraction of sp³-hybridized carbons (Fsp3) is 0.586. The van der Waals surface area contributed by atoms with Crippen LogP contribution in [0, 0.1) is 30.3 Å². The first kappa shape index (κ1) is 24.3. The molecule has 2 fully saturated rings. The van der Waals surface area contributed by atoms with Crippen LogP contribution in [-0.2, 0) is 11.3 Å². The van der Waals surface area contributed by atoms with Crippen molar-refractivity contribution in [3.8, 4) is 0 Å². The summed E-state index contributed by atoms with van der Waals surface area (Å²) in [6.45, 7) is 4.34. The molecule has 0 N–H and O–H groups in total. The van der Waals surface area contributed by atoms with Crippen molar-refractivity contribution >= 4 is 0 Å². The highest BCUT2D eigenvalue weighted by atomic mass is 19.2. The van der Waals surface area contributed by atoms with Gasteiger partial charge in [0, 0.05) is 0 Å². The van der Waals surface area contributed by atoms with Gasteiger partial charge in [0.1, 0.15) is 5.82 Å². The van der Waals surface area contributed by atoms with Crippen LogP contribution in [0.2, 0.25) is 0 Å². The molecule has 33 heavy (non-hydrogen) atoms. The number of aryl methyl sites for hydroxylation is 1. The Bertz CT molecular complexity index is 925. The maximum absolute atomic E-state index is 15.1. The van der Waals surface area contributed by atoms with Gasteiger partial charge >= 0.3 is 0 Å². The van der Waals surface area contributed by atoms with Gasteiger partial charge in [0.15, 0.2) is 11.6 Å². The van der Waals surface area contributed by atoms with Crippen LogP contribution >= 0.6 is 0 Å². The van der Waals surface area contributed by atoms with Gasteiger partial charge in [-0.15, -0.1) is 0 Å². The number of benzene rings is 2. The topological polar surface area (TPSA) is 9.23 Å². The lowest BCUT2D eigenvalue weighted by molar-refractivity contribution is 0.0130. The molecule has 4 rings (SSSR count). The Morgan fingerprint density at radius 1 is 0.788 bits per heavy atom. The second-order valence-electron chi connectivity index (χ2n) is 10.2. The zero-order valence-corrected chi connectivity index (χ0v) is 20.0. The number of rotatable bonds is 7. The SMILES string of the molecule is CCCC1CCC(c2ccc(C3CCC(OCc4ccc(C)c(F)c4)CC3)c(F)c2F)CC1. The van der Waals surface area contributed by atoms with Gasteiger partial charge in [-0.1, -0.05) is 44.0 Å². The largest absolute Gasteiger partial charge is 0.374 e. The van der Waals surface area contributed by atoms with Crippen LogP contribution in [0.15, 0.2) is 30.3 Å². The number of halogens is 3. The highest BCUT2D eigenvalue weighted by Gasteiger charge is 2.29. The van der Waals surface area contributed by atoms with Crippen molar-refractivity contribution in [1.82, 2.24) is 0 Å². The van der Waals surface area contributed by atoms with Crippen molar-refractivity contribution in [3.63, 3.8) is 0 Å². The van der Waals surface area contributed by atoms with Crippen molar-refractivity contribution in [2.45, 2.75) is 103 Å². The summed E-state index contributed by atoms with van der Waals surface area (Å²) < 4.78 is 49.9. The minimum absolute atomic E-state index is 0.0329. The molecule has 0 bridgehead atoms. The Hall–Kier alpha value is -1.81. The van der Waals surface area contributed by atoms with Gasteiger partial charge in [-0.25, -0.2) is 13.2 Å². The van der Waals surface area contributed by atoms with E-state index < -0.39 is 11.6 Å². The molecular weight excluding hydrogens is 421 g/mol. The van der Waals surface area contributed by atoms with Crippen LogP contribution in [0.1, 0.15) is 105 Å². The van der Waals surface area contributed by atoms with Gasteiger partial charge in [0.05, 0.1) is 12.7 Å². The highest BCUT2D eigenvalue weighted by molar-refractivity contribution is 5.32. The molecule has 0 spiro atoms. The van der Waals surface area contributed by atoms with Crippen LogP contribution in [0.5, 0.6) is 0 Å². The summed E-state index contributed by atoms with van der Waals surface area (Å²) in [5.74, 6) is -0.535. The van der Waals surface area contributed by atoms with E-state index in [1.807, 2.05) is 18.2 Å². The zero-order chi connectivity index (χ0) is 23.4. The number of hydrogen-bond acceptors (Lipinski definition) is 1. The minimum Gasteiger partial charge on any atom is -0.374 e. The summed E-state index contributed by atoms with van der Waals surface area (Å²) >= 11 is 0. The van der Waals surface area contributed by atoms with Gasteiger partial charge in [-0.2, -0.15) is 0 Å². The van der Waals surface area contributed by atoms with Gasteiger partial charge in [-0.05, 0) is 104 Å². The molecule has 2 aliphatic carbocycles. The maximum Gasteiger partial charge on any atom is 0.162 e. The van der Waals surface area contributed by atoms with Gasteiger partial charge < -0.3 is 4.74 Å². The van der Waals surface area contributed by atoms with E-state index in [2.05, 4.69) is 6.92 Å². The molecule has 4 heteroatoms. The van der Waals surface area contributed by atoms with E-state index in [-0.39, 0.29) is 23.8 Å². The summed E-state index contributed by atoms with van der Waals surface area (Å²) in [5, 5.41) is 0. The molecule has 180 valence electrons. The summed E-state index contributed by atoms with van der Waals surface area (Å²) in [6.07, 6.45) is 9.89. The first-order valence-corrected chi connectivity index (χ1v) is 12.8. The van der Waals surface area contributed by atoms with Crippen molar-refractivity contribution < 1.29 is 17.9 Å². The highest BCUT2D eigenvalue weighted by Crippen LogP contribution is 2.41. The molecule has 2 aromatic carbocycles. The minimum atomic E-state index is -0.636. The van der Waals surface area contributed by atoms with Crippen LogP contribution in [0.25, 0.3) is 0 Å². The molecule has 1 nitrogen and oxygen atoms in total. The quantitative estimate of drug-likeness (QED) is 0.403. The van der Waals surface area contributed by atoms with E-state index in [0.29, 0.717) is 23.3 Å². The molecule has 2 aromatic rings. The average molecular weight is 459 g/mol. The fourth-order valence-corrected chi connectivity index (χ4v) is 5.86. The zero-order valence-electron chi connectivity index (χ0n) is 20.0. The summed E-state index contributed by atoms with van der Waals surface area (Å²) in [4.78, 5) is 0. The smallest absolute Gasteiger partial charge is 0.162 e. The van der Waals surface area contributed by atoms with Crippen LogP contribution in [0.3, 0.4) is 0 Å². The third-order valence-electron chi connectivity index (χ3n) is 7.96. The molecule has 0 aliphatic heterocycles. The molecule has 0 saturated heterocycles. The van der Waals surface area contributed by atoms with E-state index in [1.165, 1.54) is 18.9 Å². The predicted octanol–water partition coefficient (Wildman–Crippen LogP) is 8.73. The molecule has 2 aliphatic rings. The fourth-order valence-electron chi connectivity index (χ4n) is 5.86. The van der Waals surface area contributed by atoms with Crippen LogP contribution in [-0.4, -0.2) is 6.10 Å². The first-order chi connectivity index (χ1) is 16.0. The molecular formula is C29H37F3O. The molecule has 0 atom stereocenters. The lowest BCUT2D eigenvalue weighted by Crippen LogP contribution is -2.22. The van der Waals surface area contributed by atoms with Gasteiger partial charge in [0.2, 0.25) is 0 Å². The first-order valence-electron chi connectivity index (χ1n) is 12.8. The monoisotopic (exact) mass is 458 g/mol. The third kappa shape index (κ3) is 5.82. The van der Waals surface area contributed by atoms with Crippen LogP contribution in [0.4, 0.5) is 13.2 Å². The second-order valence-corrected chi connectivity index (χ2v) is 10.2. The van der Waals surface area contributed by atoms with E-state index in [0.717, 1.165) is 62.8 Å². The van der Waals surface area contributed by atoms with Gasteiger partial charge in [-0.3, -0.25) is 0 Å². The van der Waals surface area contributed by atoms with E-state index >= 15 is 8.78 Å². The molecule has 0 unspecified atom stereocenters. The molecule has 0 radical (unpaired) electrons. The Morgan fingerprint density at radius 3 is 1.91 bits per heavy atom. The Kier molecular flexibility index (Phi) is 8.16. The van der Waals surface area contributed by atoms with Crippen LogP contribution < -0.4 is 0 Å². The van der Waals surface area contributed by atoms with Gasteiger partial charge in [0.25, 0.3) is 0 Å². The summed E-state index contributed by atoms with van der Waals surface area (Å²) in [5.41, 5.74) is 2.56. The Labute approximate surface area is 196 Å². The maximum atomic E-state index is 15.1. The third-order valence-corrected chi connectivity index (χ3v) is 7.96. The van der Waals surface area contributed by atoms with E-state index in [9.17, 15) is 4.39 Å². The Morgan fingerprint density at radius 2 is 1.36 bits per heavy atom. The number of ether oxygens (including phenoxy) is 1. The Balaban J connectivity index is 1.32. The molecule has 0 aromatic heterocycles. The molecule has 2 saturated carbocycles. The van der Waals surface area contributed by atoms with Crippen molar-refractivity contribution in [3.05, 3.63) is 70.0 Å². The predicted molar refractivity (Wildman–Crippen MR) is 127 cm³/mol. The van der Waals surface area contributed by atoms with Crippen molar-refractivity contribution in [2.75, 3.05) is 0 Å². The normalized spacial score (nSPS) is 25.8. The lowest BCUT2D eigenvalue weighted by atomic mass is 9.76. The van der Waals surface area contributed by atoms with E-state index in [1.54, 1.807) is 13.0 Å². The number of hydrogen-bond donors (Lipinski definition) is 0. The second kappa shape index (κ2) is 11.1. The average Bonchev–Trinajstić information content (AvgIpc) is 2.83. The van der Waals surface area contributed by atoms with Crippen molar-refractivity contribution in [2.24, 2.45) is 5.92 Å². The standard InChI is InChI=1S/C29H37F3O/c1-3-4-20-7-9-22(10-8-20)25-15-16-26(29(32)28(25)31)23-11-13-24(14-12-23)33-18-21-6-5-19(2)27(30)17-21/h5-6,15-17,20,22-24H,3-4,7-14,18H2,1-2H3. The lowest BCUT2D eigenvalue weighted by Gasteiger charge is -2.31.